The maximum absolute atomic E-state index is 13.0. The first-order chi connectivity index (χ1) is 19.1. The summed E-state index contributed by atoms with van der Waals surface area (Å²) in [7, 11) is 0. The standard InChI is InChI=1S/C28H24F6N2O5/c1-14-7-18(15(2)35-20-6-4-3-5-17(20)24(38)41-25(39)28(32,33)34)23-19(8-14)21(37)9-22(40-23)36-12-26(13-36)10-16(11-26)27(29,30)31/h3-9,15-16,35H,10-13H2,1-2H3. The summed E-state index contributed by atoms with van der Waals surface area (Å²) in [5.74, 6) is -5.24. The number of benzene rings is 2. The summed E-state index contributed by atoms with van der Waals surface area (Å²) in [6.07, 6.45) is -9.50. The van der Waals surface area contributed by atoms with E-state index in [9.17, 15) is 40.7 Å². The number of carbonyl (C=O) groups is 2. The Kier molecular flexibility index (Phi) is 6.82. The van der Waals surface area contributed by atoms with Crippen molar-refractivity contribution in [3.8, 4) is 0 Å². The molecule has 1 N–H and O–H groups in total. The minimum absolute atomic E-state index is 0.0343. The molecule has 2 aliphatic rings. The summed E-state index contributed by atoms with van der Waals surface area (Å²) in [4.78, 5) is 38.3. The molecule has 5 rings (SSSR count). The highest BCUT2D eigenvalue weighted by Gasteiger charge is 2.60. The number of anilines is 2. The number of aryl methyl sites for hydroxylation is 1. The zero-order valence-corrected chi connectivity index (χ0v) is 21.8. The molecule has 1 saturated carbocycles. The quantitative estimate of drug-likeness (QED) is 0.215. The number of carbonyl (C=O) groups excluding carboxylic acids is 2. The van der Waals surface area contributed by atoms with Crippen molar-refractivity contribution in [2.75, 3.05) is 23.3 Å². The topological polar surface area (TPSA) is 88.8 Å². The number of halogens is 6. The third-order valence-electron chi connectivity index (χ3n) is 7.58. The summed E-state index contributed by atoms with van der Waals surface area (Å²) in [6.45, 7) is 4.09. The van der Waals surface area contributed by atoms with Gasteiger partial charge in [0.1, 0.15) is 5.58 Å². The summed E-state index contributed by atoms with van der Waals surface area (Å²) in [5, 5.41) is 3.27. The van der Waals surface area contributed by atoms with Gasteiger partial charge in [0.15, 0.2) is 11.3 Å². The van der Waals surface area contributed by atoms with E-state index >= 15 is 0 Å². The number of para-hydroxylation sites is 1. The number of nitrogens with one attached hydrogen (secondary N) is 1. The molecular weight excluding hydrogens is 558 g/mol. The lowest BCUT2D eigenvalue weighted by atomic mass is 9.57. The Bertz CT molecular complexity index is 1580. The van der Waals surface area contributed by atoms with Gasteiger partial charge in [0.25, 0.3) is 0 Å². The molecule has 3 aromatic rings. The number of fused-ring (bicyclic) bond motifs is 1. The zero-order chi connectivity index (χ0) is 29.9. The molecule has 1 spiro atoms. The first-order valence-corrected chi connectivity index (χ1v) is 12.7. The highest BCUT2D eigenvalue weighted by Crippen LogP contribution is 2.57. The highest BCUT2D eigenvalue weighted by molar-refractivity contribution is 6.02. The van der Waals surface area contributed by atoms with Gasteiger partial charge in [-0.1, -0.05) is 18.2 Å². The Balaban J connectivity index is 1.40. The van der Waals surface area contributed by atoms with Gasteiger partial charge in [0.05, 0.1) is 22.9 Å². The van der Waals surface area contributed by atoms with Gasteiger partial charge in [0, 0.05) is 35.8 Å². The van der Waals surface area contributed by atoms with Crippen LogP contribution in [0.4, 0.5) is 37.9 Å². The first kappa shape index (κ1) is 28.5. The normalized spacial score (nSPS) is 17.6. The largest absolute Gasteiger partial charge is 0.491 e. The highest BCUT2D eigenvalue weighted by atomic mass is 19.4. The molecule has 2 aromatic carbocycles. The lowest BCUT2D eigenvalue weighted by Crippen LogP contribution is -2.64. The van der Waals surface area contributed by atoms with Gasteiger partial charge in [-0.15, -0.1) is 0 Å². The third-order valence-corrected chi connectivity index (χ3v) is 7.58. The number of alkyl halides is 6. The molecule has 41 heavy (non-hydrogen) atoms. The zero-order valence-electron chi connectivity index (χ0n) is 21.8. The fourth-order valence-electron chi connectivity index (χ4n) is 5.59. The number of esters is 2. The van der Waals surface area contributed by atoms with Crippen molar-refractivity contribution in [2.45, 2.75) is 45.1 Å². The second kappa shape index (κ2) is 9.81. The monoisotopic (exact) mass is 582 g/mol. The molecule has 0 amide bonds. The number of hydrogen-bond donors (Lipinski definition) is 1. The van der Waals surface area contributed by atoms with E-state index in [2.05, 4.69) is 10.1 Å². The molecule has 218 valence electrons. The van der Waals surface area contributed by atoms with Crippen LogP contribution in [0.25, 0.3) is 11.0 Å². The van der Waals surface area contributed by atoms with Crippen molar-refractivity contribution in [3.05, 3.63) is 69.4 Å². The van der Waals surface area contributed by atoms with Crippen molar-refractivity contribution in [3.63, 3.8) is 0 Å². The van der Waals surface area contributed by atoms with E-state index in [0.717, 1.165) is 0 Å². The maximum atomic E-state index is 13.0. The second-order valence-corrected chi connectivity index (χ2v) is 10.8. The molecule has 13 heteroatoms. The van der Waals surface area contributed by atoms with Crippen LogP contribution < -0.4 is 15.6 Å². The third kappa shape index (κ3) is 5.49. The molecular formula is C28H24F6N2O5. The first-order valence-electron chi connectivity index (χ1n) is 12.7. The van der Waals surface area contributed by atoms with E-state index in [1.54, 1.807) is 30.9 Å². The van der Waals surface area contributed by atoms with Crippen LogP contribution in [0.15, 0.2) is 51.7 Å². The average Bonchev–Trinajstić information content (AvgIpc) is 2.81. The minimum atomic E-state index is -5.35. The molecule has 1 aliphatic heterocycles. The summed E-state index contributed by atoms with van der Waals surface area (Å²) in [5.41, 5.74) is 0.361. The molecule has 7 nitrogen and oxygen atoms in total. The Morgan fingerprint density at radius 2 is 1.73 bits per heavy atom. The van der Waals surface area contributed by atoms with Crippen molar-refractivity contribution in [2.24, 2.45) is 11.3 Å². The average molecular weight is 582 g/mol. The van der Waals surface area contributed by atoms with Gasteiger partial charge in [-0.25, -0.2) is 9.59 Å². The second-order valence-electron chi connectivity index (χ2n) is 10.8. The van der Waals surface area contributed by atoms with E-state index in [-0.39, 0.29) is 46.4 Å². The molecule has 1 atom stereocenters. The van der Waals surface area contributed by atoms with E-state index in [1.165, 1.54) is 30.3 Å². The Morgan fingerprint density at radius 3 is 2.37 bits per heavy atom. The molecule has 0 bridgehead atoms. The predicted molar refractivity (Wildman–Crippen MR) is 136 cm³/mol. The maximum Gasteiger partial charge on any atom is 0.491 e. The molecule has 1 saturated heterocycles. The van der Waals surface area contributed by atoms with E-state index in [4.69, 9.17) is 4.42 Å². The van der Waals surface area contributed by atoms with Crippen LogP contribution in [0, 0.1) is 18.3 Å². The van der Waals surface area contributed by atoms with Crippen LogP contribution in [0.2, 0.25) is 0 Å². The number of hydrogen-bond acceptors (Lipinski definition) is 7. The predicted octanol–water partition coefficient (Wildman–Crippen LogP) is 6.30. The van der Waals surface area contributed by atoms with Crippen molar-refractivity contribution in [1.82, 2.24) is 0 Å². The van der Waals surface area contributed by atoms with Crippen LogP contribution in [0.5, 0.6) is 0 Å². The fourth-order valence-corrected chi connectivity index (χ4v) is 5.59. The van der Waals surface area contributed by atoms with Gasteiger partial charge in [0.2, 0.25) is 0 Å². The van der Waals surface area contributed by atoms with Crippen LogP contribution in [-0.4, -0.2) is 37.4 Å². The molecule has 1 unspecified atom stereocenters. The van der Waals surface area contributed by atoms with E-state index < -0.39 is 41.7 Å². The number of rotatable bonds is 5. The molecule has 1 aliphatic carbocycles. The van der Waals surface area contributed by atoms with Crippen LogP contribution in [0.3, 0.4) is 0 Å². The van der Waals surface area contributed by atoms with Crippen LogP contribution in [-0.2, 0) is 9.53 Å². The van der Waals surface area contributed by atoms with Crippen LogP contribution >= 0.6 is 0 Å². The molecule has 2 fully saturated rings. The SMILES string of the molecule is Cc1cc(C(C)Nc2ccccc2C(=O)OC(=O)C(F)(F)F)c2oc(N3CC4(CC(C(F)(F)F)C4)C3)cc(=O)c2c1. The van der Waals surface area contributed by atoms with E-state index in [1.807, 2.05) is 0 Å². The summed E-state index contributed by atoms with van der Waals surface area (Å²) in [6, 6.07) is 9.52. The molecule has 1 aromatic heterocycles. The van der Waals surface area contributed by atoms with Gasteiger partial charge >= 0.3 is 24.3 Å². The van der Waals surface area contributed by atoms with Crippen LogP contribution in [0.1, 0.15) is 47.3 Å². The van der Waals surface area contributed by atoms with E-state index in [0.29, 0.717) is 24.2 Å². The Labute approximate surface area is 229 Å². The molecule has 2 heterocycles. The van der Waals surface area contributed by atoms with Gasteiger partial charge < -0.3 is 19.4 Å². The summed E-state index contributed by atoms with van der Waals surface area (Å²) >= 11 is 0. The lowest BCUT2D eigenvalue weighted by Gasteiger charge is -2.59. The van der Waals surface area contributed by atoms with Crippen molar-refractivity contribution >= 4 is 34.5 Å². The Hall–Kier alpha value is -4.03. The number of nitrogens with zero attached hydrogens (tertiary/aromatic N) is 1. The van der Waals surface area contributed by atoms with Gasteiger partial charge in [-0.3, -0.25) is 4.79 Å². The van der Waals surface area contributed by atoms with Crippen molar-refractivity contribution in [1.29, 1.82) is 0 Å². The van der Waals surface area contributed by atoms with Crippen molar-refractivity contribution < 1.29 is 45.1 Å². The smallest absolute Gasteiger partial charge is 0.440 e. The minimum Gasteiger partial charge on any atom is -0.440 e. The lowest BCUT2D eigenvalue weighted by molar-refractivity contribution is -0.225. The van der Waals surface area contributed by atoms with Gasteiger partial charge in [-0.05, 0) is 50.5 Å². The fraction of sp³-hybridized carbons (Fsp3) is 0.393. The molecule has 0 radical (unpaired) electrons. The Morgan fingerprint density at radius 1 is 1.07 bits per heavy atom. The van der Waals surface area contributed by atoms with Gasteiger partial charge in [-0.2, -0.15) is 26.3 Å². The number of ether oxygens (including phenoxy) is 1. The summed E-state index contributed by atoms with van der Waals surface area (Å²) < 4.78 is 86.8.